The Balaban J connectivity index is 2.15. The van der Waals surface area contributed by atoms with E-state index in [0.717, 1.165) is 31.9 Å². The molecule has 1 aromatic rings. The van der Waals surface area contributed by atoms with Gasteiger partial charge < -0.3 is 5.73 Å². The number of rotatable bonds is 6. The zero-order valence-electron chi connectivity index (χ0n) is 12.3. The molecule has 1 fully saturated rings. The third-order valence-corrected chi connectivity index (χ3v) is 4.47. The lowest BCUT2D eigenvalue weighted by atomic mass is 9.80. The molecule has 0 radical (unpaired) electrons. The van der Waals surface area contributed by atoms with Crippen LogP contribution in [0.15, 0.2) is 6.33 Å². The number of hydrogen-bond donors (Lipinski definition) is 1. The van der Waals surface area contributed by atoms with Crippen molar-refractivity contribution in [3.8, 4) is 0 Å². The van der Waals surface area contributed by atoms with Gasteiger partial charge in [0.05, 0.1) is 6.54 Å². The highest BCUT2D eigenvalue weighted by Crippen LogP contribution is 2.33. The second-order valence-corrected chi connectivity index (χ2v) is 5.71. The largest absolute Gasteiger partial charge is 0.329 e. The van der Waals surface area contributed by atoms with Crippen LogP contribution < -0.4 is 5.73 Å². The van der Waals surface area contributed by atoms with Crippen molar-refractivity contribution < 1.29 is 0 Å². The lowest BCUT2D eigenvalue weighted by molar-refractivity contribution is 0.0463. The van der Waals surface area contributed by atoms with Gasteiger partial charge in [-0.05, 0) is 25.8 Å². The molecular weight excluding hydrogens is 238 g/mol. The number of nitrogens with zero attached hydrogens (tertiary/aromatic N) is 4. The summed E-state index contributed by atoms with van der Waals surface area (Å²) in [7, 11) is 1.96. The molecule has 0 amide bonds. The maximum absolute atomic E-state index is 6.15. The molecule has 0 saturated heterocycles. The molecule has 1 aromatic heterocycles. The molecule has 19 heavy (non-hydrogen) atoms. The van der Waals surface area contributed by atoms with Gasteiger partial charge in [-0.3, -0.25) is 9.58 Å². The quantitative estimate of drug-likeness (QED) is 0.850. The molecule has 1 saturated carbocycles. The van der Waals surface area contributed by atoms with E-state index in [1.54, 1.807) is 6.33 Å². The van der Waals surface area contributed by atoms with E-state index in [9.17, 15) is 0 Å². The summed E-state index contributed by atoms with van der Waals surface area (Å²) in [6.07, 6.45) is 9.19. The minimum atomic E-state index is 0.181. The summed E-state index contributed by atoms with van der Waals surface area (Å²) in [4.78, 5) is 6.92. The van der Waals surface area contributed by atoms with Crippen LogP contribution in [-0.4, -0.2) is 38.3 Å². The van der Waals surface area contributed by atoms with Gasteiger partial charge in [-0.2, -0.15) is 5.10 Å². The first-order chi connectivity index (χ1) is 9.22. The topological polar surface area (TPSA) is 60.0 Å². The van der Waals surface area contributed by atoms with Crippen LogP contribution in [0.2, 0.25) is 0 Å². The van der Waals surface area contributed by atoms with Crippen molar-refractivity contribution in [2.75, 3.05) is 13.1 Å². The molecule has 1 aliphatic rings. The predicted molar refractivity (Wildman–Crippen MR) is 76.6 cm³/mol. The van der Waals surface area contributed by atoms with Crippen LogP contribution in [0.3, 0.4) is 0 Å². The van der Waals surface area contributed by atoms with E-state index < -0.39 is 0 Å². The summed E-state index contributed by atoms with van der Waals surface area (Å²) < 4.78 is 1.87. The predicted octanol–water partition coefficient (Wildman–Crippen LogP) is 1.69. The average Bonchev–Trinajstić information content (AvgIpc) is 2.84. The molecule has 0 bridgehead atoms. The normalized spacial score (nSPS) is 18.9. The first kappa shape index (κ1) is 14.5. The van der Waals surface area contributed by atoms with Crippen molar-refractivity contribution in [3.63, 3.8) is 0 Å². The van der Waals surface area contributed by atoms with Gasteiger partial charge in [0, 0.05) is 19.1 Å². The number of hydrogen-bond acceptors (Lipinski definition) is 4. The molecule has 0 spiro atoms. The highest BCUT2D eigenvalue weighted by Gasteiger charge is 2.36. The maximum atomic E-state index is 6.15. The minimum absolute atomic E-state index is 0.181. The fraction of sp³-hybridized carbons (Fsp3) is 0.857. The summed E-state index contributed by atoms with van der Waals surface area (Å²) in [5, 5.41) is 4.17. The third-order valence-electron chi connectivity index (χ3n) is 4.47. The summed E-state index contributed by atoms with van der Waals surface area (Å²) in [5.41, 5.74) is 6.33. The van der Waals surface area contributed by atoms with Crippen molar-refractivity contribution in [2.24, 2.45) is 12.8 Å². The molecule has 5 heteroatoms. The standard InChI is InChI=1S/C14H27N5/c1-3-9-19(10-13-16-12-17-18(13)2)14(11-15)7-5-4-6-8-14/h12H,3-11,15H2,1-2H3. The lowest BCUT2D eigenvalue weighted by Gasteiger charge is -2.45. The van der Waals surface area contributed by atoms with E-state index in [-0.39, 0.29) is 5.54 Å². The lowest BCUT2D eigenvalue weighted by Crippen LogP contribution is -2.55. The highest BCUT2D eigenvalue weighted by atomic mass is 15.3. The van der Waals surface area contributed by atoms with E-state index in [0.29, 0.717) is 0 Å². The van der Waals surface area contributed by atoms with Crippen LogP contribution in [0.5, 0.6) is 0 Å². The second-order valence-electron chi connectivity index (χ2n) is 5.71. The number of aromatic nitrogens is 3. The van der Waals surface area contributed by atoms with Crippen LogP contribution in [0.4, 0.5) is 0 Å². The SMILES string of the molecule is CCCN(Cc1ncnn1C)C1(CN)CCCCC1. The highest BCUT2D eigenvalue weighted by molar-refractivity contribution is 4.97. The first-order valence-corrected chi connectivity index (χ1v) is 7.50. The molecule has 2 rings (SSSR count). The van der Waals surface area contributed by atoms with Crippen molar-refractivity contribution in [1.82, 2.24) is 19.7 Å². The van der Waals surface area contributed by atoms with E-state index in [2.05, 4.69) is 21.9 Å². The third kappa shape index (κ3) is 3.15. The Morgan fingerprint density at radius 3 is 2.63 bits per heavy atom. The van der Waals surface area contributed by atoms with Gasteiger partial charge in [0.1, 0.15) is 12.2 Å². The number of aryl methyl sites for hydroxylation is 1. The molecule has 0 atom stereocenters. The van der Waals surface area contributed by atoms with Crippen LogP contribution in [0.1, 0.15) is 51.3 Å². The van der Waals surface area contributed by atoms with Gasteiger partial charge in [0.25, 0.3) is 0 Å². The Bertz CT molecular complexity index is 381. The van der Waals surface area contributed by atoms with Gasteiger partial charge in [-0.25, -0.2) is 4.98 Å². The molecule has 2 N–H and O–H groups in total. The Kier molecular flexibility index (Phi) is 4.93. The van der Waals surface area contributed by atoms with Crippen LogP contribution in [0.25, 0.3) is 0 Å². The zero-order valence-corrected chi connectivity index (χ0v) is 12.3. The first-order valence-electron chi connectivity index (χ1n) is 7.50. The molecule has 0 unspecified atom stereocenters. The van der Waals surface area contributed by atoms with Gasteiger partial charge in [-0.1, -0.05) is 26.2 Å². The summed E-state index contributed by atoms with van der Waals surface area (Å²) in [6, 6.07) is 0. The van der Waals surface area contributed by atoms with Crippen molar-refractivity contribution in [1.29, 1.82) is 0 Å². The molecule has 0 aromatic carbocycles. The fourth-order valence-electron chi connectivity index (χ4n) is 3.25. The second kappa shape index (κ2) is 6.48. The Hall–Kier alpha value is -0.940. The average molecular weight is 265 g/mol. The van der Waals surface area contributed by atoms with Crippen LogP contribution >= 0.6 is 0 Å². The van der Waals surface area contributed by atoms with E-state index >= 15 is 0 Å². The summed E-state index contributed by atoms with van der Waals surface area (Å²) in [6.45, 7) is 4.94. The monoisotopic (exact) mass is 265 g/mol. The van der Waals surface area contributed by atoms with Gasteiger partial charge in [0.2, 0.25) is 0 Å². The molecule has 5 nitrogen and oxygen atoms in total. The minimum Gasteiger partial charge on any atom is -0.329 e. The van der Waals surface area contributed by atoms with Crippen molar-refractivity contribution in [2.45, 2.75) is 57.5 Å². The number of nitrogens with two attached hydrogens (primary N) is 1. The van der Waals surface area contributed by atoms with Crippen molar-refractivity contribution >= 4 is 0 Å². The van der Waals surface area contributed by atoms with Crippen molar-refractivity contribution in [3.05, 3.63) is 12.2 Å². The van der Waals surface area contributed by atoms with Crippen LogP contribution in [-0.2, 0) is 13.6 Å². The Morgan fingerprint density at radius 1 is 1.37 bits per heavy atom. The van der Waals surface area contributed by atoms with E-state index in [1.807, 2.05) is 11.7 Å². The molecule has 0 aliphatic heterocycles. The molecular formula is C14H27N5. The Labute approximate surface area is 116 Å². The molecule has 1 heterocycles. The van der Waals surface area contributed by atoms with E-state index in [1.165, 1.54) is 32.1 Å². The fourth-order valence-corrected chi connectivity index (χ4v) is 3.25. The maximum Gasteiger partial charge on any atom is 0.140 e. The van der Waals surface area contributed by atoms with Gasteiger partial charge >= 0.3 is 0 Å². The van der Waals surface area contributed by atoms with Crippen LogP contribution in [0, 0.1) is 0 Å². The summed E-state index contributed by atoms with van der Waals surface area (Å²) in [5.74, 6) is 1.03. The zero-order chi connectivity index (χ0) is 13.7. The van der Waals surface area contributed by atoms with Gasteiger partial charge in [-0.15, -0.1) is 0 Å². The smallest absolute Gasteiger partial charge is 0.140 e. The summed E-state index contributed by atoms with van der Waals surface area (Å²) >= 11 is 0. The molecule has 108 valence electrons. The Morgan fingerprint density at radius 2 is 2.11 bits per heavy atom. The van der Waals surface area contributed by atoms with Gasteiger partial charge in [0.15, 0.2) is 0 Å². The van der Waals surface area contributed by atoms with E-state index in [4.69, 9.17) is 5.73 Å². The molecule has 1 aliphatic carbocycles.